The van der Waals surface area contributed by atoms with Crippen molar-refractivity contribution in [1.82, 2.24) is 0 Å². The lowest BCUT2D eigenvalue weighted by Gasteiger charge is -2.11. The molecule has 0 atom stereocenters. The van der Waals surface area contributed by atoms with Crippen molar-refractivity contribution in [3.63, 3.8) is 0 Å². The monoisotopic (exact) mass is 373 g/mol. The lowest BCUT2D eigenvalue weighted by atomic mass is 10.2. The second kappa shape index (κ2) is 6.51. The van der Waals surface area contributed by atoms with Gasteiger partial charge in [-0.05, 0) is 55.0 Å². The maximum atomic E-state index is 12.4. The molecule has 2 aromatic carbocycles. The van der Waals surface area contributed by atoms with Gasteiger partial charge in [-0.2, -0.15) is 0 Å². The van der Waals surface area contributed by atoms with E-state index in [2.05, 4.69) is 4.72 Å². The molecule has 0 aromatic heterocycles. The van der Waals surface area contributed by atoms with Crippen LogP contribution in [0.4, 0.5) is 5.69 Å². The lowest BCUT2D eigenvalue weighted by Crippen LogP contribution is -2.14. The Balaban J connectivity index is 2.31. The zero-order valence-electron chi connectivity index (χ0n) is 12.6. The van der Waals surface area contributed by atoms with Crippen molar-refractivity contribution in [3.8, 4) is 0 Å². The standard InChI is InChI=1S/C15H16ClNO4S2/c1-3-22(18,19)14-7-5-13(6-8-14)17-23(20,21)15-9-4-12(16)10-11(15)2/h4-10,17H,3H2,1-2H3. The zero-order valence-corrected chi connectivity index (χ0v) is 15.0. The third kappa shape index (κ3) is 4.04. The number of aryl methyl sites for hydroxylation is 1. The maximum Gasteiger partial charge on any atom is 0.262 e. The molecule has 0 spiro atoms. The number of sulfone groups is 1. The molecule has 0 amide bonds. The summed E-state index contributed by atoms with van der Waals surface area (Å²) in [7, 11) is -7.09. The lowest BCUT2D eigenvalue weighted by molar-refractivity contribution is 0.597. The van der Waals surface area contributed by atoms with Crippen LogP contribution in [0.1, 0.15) is 12.5 Å². The van der Waals surface area contributed by atoms with Gasteiger partial charge in [0.1, 0.15) is 0 Å². The fourth-order valence-electron chi connectivity index (χ4n) is 2.02. The van der Waals surface area contributed by atoms with Gasteiger partial charge in [0.2, 0.25) is 0 Å². The predicted octanol–water partition coefficient (Wildman–Crippen LogP) is 3.24. The molecule has 8 heteroatoms. The minimum atomic E-state index is -3.77. The summed E-state index contributed by atoms with van der Waals surface area (Å²) in [5.41, 5.74) is 0.810. The summed E-state index contributed by atoms with van der Waals surface area (Å²) in [6, 6.07) is 10.1. The summed E-state index contributed by atoms with van der Waals surface area (Å²) in [4.78, 5) is 0.276. The quantitative estimate of drug-likeness (QED) is 0.872. The van der Waals surface area contributed by atoms with E-state index < -0.39 is 19.9 Å². The van der Waals surface area contributed by atoms with Crippen LogP contribution in [0.3, 0.4) is 0 Å². The average Bonchev–Trinajstić information content (AvgIpc) is 2.47. The molecule has 5 nitrogen and oxygen atoms in total. The number of benzene rings is 2. The van der Waals surface area contributed by atoms with Crippen LogP contribution in [0.5, 0.6) is 0 Å². The Morgan fingerprint density at radius 2 is 1.61 bits per heavy atom. The molecule has 0 saturated carbocycles. The molecule has 0 radical (unpaired) electrons. The summed E-state index contributed by atoms with van der Waals surface area (Å²) in [6.45, 7) is 3.20. The van der Waals surface area contributed by atoms with E-state index in [4.69, 9.17) is 11.6 Å². The van der Waals surface area contributed by atoms with E-state index in [-0.39, 0.29) is 21.2 Å². The van der Waals surface area contributed by atoms with Gasteiger partial charge >= 0.3 is 0 Å². The van der Waals surface area contributed by atoms with Crippen molar-refractivity contribution >= 4 is 37.1 Å². The number of rotatable bonds is 5. The van der Waals surface area contributed by atoms with Crippen LogP contribution >= 0.6 is 11.6 Å². The topological polar surface area (TPSA) is 80.3 Å². The molecule has 0 unspecified atom stereocenters. The van der Waals surface area contributed by atoms with E-state index in [1.807, 2.05) is 0 Å². The van der Waals surface area contributed by atoms with Crippen LogP contribution < -0.4 is 4.72 Å². The highest BCUT2D eigenvalue weighted by atomic mass is 35.5. The molecule has 0 bridgehead atoms. The van der Waals surface area contributed by atoms with Crippen LogP contribution in [-0.2, 0) is 19.9 Å². The number of hydrogen-bond donors (Lipinski definition) is 1. The summed E-state index contributed by atoms with van der Waals surface area (Å²) < 4.78 is 50.7. The van der Waals surface area contributed by atoms with E-state index in [9.17, 15) is 16.8 Å². The Bertz CT molecular complexity index is 920. The molecule has 0 aliphatic heterocycles. The fraction of sp³-hybridized carbons (Fsp3) is 0.200. The zero-order chi connectivity index (χ0) is 17.3. The molecule has 124 valence electrons. The van der Waals surface area contributed by atoms with Crippen molar-refractivity contribution in [3.05, 3.63) is 53.1 Å². The van der Waals surface area contributed by atoms with Crippen LogP contribution in [0, 0.1) is 6.92 Å². The highest BCUT2D eigenvalue weighted by molar-refractivity contribution is 7.92. The molecule has 23 heavy (non-hydrogen) atoms. The van der Waals surface area contributed by atoms with Gasteiger partial charge in [0.25, 0.3) is 10.0 Å². The fourth-order valence-corrected chi connectivity index (χ4v) is 4.42. The molecule has 0 saturated heterocycles. The SMILES string of the molecule is CCS(=O)(=O)c1ccc(NS(=O)(=O)c2ccc(Cl)cc2C)cc1. The first-order valence-corrected chi connectivity index (χ1v) is 10.3. The second-order valence-electron chi connectivity index (χ2n) is 4.94. The van der Waals surface area contributed by atoms with Gasteiger partial charge in [-0.25, -0.2) is 16.8 Å². The molecule has 0 aliphatic rings. The van der Waals surface area contributed by atoms with Crippen molar-refractivity contribution in [2.75, 3.05) is 10.5 Å². The number of anilines is 1. The summed E-state index contributed by atoms with van der Waals surface area (Å²) in [5.74, 6) is -0.0119. The third-order valence-electron chi connectivity index (χ3n) is 3.27. The Kier molecular flexibility index (Phi) is 5.03. The molecule has 1 N–H and O–H groups in total. The van der Waals surface area contributed by atoms with Gasteiger partial charge in [-0.3, -0.25) is 4.72 Å². The first kappa shape index (κ1) is 17.8. The number of halogens is 1. The van der Waals surface area contributed by atoms with Crippen molar-refractivity contribution in [2.24, 2.45) is 0 Å². The van der Waals surface area contributed by atoms with Crippen molar-refractivity contribution < 1.29 is 16.8 Å². The summed E-state index contributed by atoms with van der Waals surface area (Å²) >= 11 is 5.83. The number of nitrogens with one attached hydrogen (secondary N) is 1. The van der Waals surface area contributed by atoms with E-state index in [1.165, 1.54) is 36.4 Å². The number of hydrogen-bond acceptors (Lipinski definition) is 4. The van der Waals surface area contributed by atoms with Crippen molar-refractivity contribution in [2.45, 2.75) is 23.6 Å². The van der Waals surface area contributed by atoms with Gasteiger partial charge in [-0.1, -0.05) is 18.5 Å². The smallest absolute Gasteiger partial charge is 0.262 e. The first-order valence-electron chi connectivity index (χ1n) is 6.77. The molecular formula is C15H16ClNO4S2. The summed E-state index contributed by atoms with van der Waals surface area (Å²) in [6.07, 6.45) is 0. The molecule has 2 aromatic rings. The van der Waals surface area contributed by atoms with Crippen LogP contribution in [0.15, 0.2) is 52.3 Å². The Morgan fingerprint density at radius 3 is 2.13 bits per heavy atom. The average molecular weight is 374 g/mol. The van der Waals surface area contributed by atoms with Crippen LogP contribution in [0.25, 0.3) is 0 Å². The highest BCUT2D eigenvalue weighted by Gasteiger charge is 2.18. The third-order valence-corrected chi connectivity index (χ3v) is 6.80. The van der Waals surface area contributed by atoms with E-state index in [1.54, 1.807) is 19.9 Å². The van der Waals surface area contributed by atoms with Gasteiger partial charge in [0.05, 0.1) is 15.5 Å². The van der Waals surface area contributed by atoms with Crippen molar-refractivity contribution in [1.29, 1.82) is 0 Å². The molecule has 0 heterocycles. The largest absolute Gasteiger partial charge is 0.280 e. The van der Waals surface area contributed by atoms with E-state index >= 15 is 0 Å². The van der Waals surface area contributed by atoms with Gasteiger partial charge in [0.15, 0.2) is 9.84 Å². The highest BCUT2D eigenvalue weighted by Crippen LogP contribution is 2.23. The normalized spacial score (nSPS) is 12.1. The number of sulfonamides is 1. The molecule has 0 fully saturated rings. The second-order valence-corrected chi connectivity index (χ2v) is 9.31. The Labute approximate surface area is 141 Å². The maximum absolute atomic E-state index is 12.4. The minimum Gasteiger partial charge on any atom is -0.280 e. The minimum absolute atomic E-state index is 0.0119. The van der Waals surface area contributed by atoms with Crippen LogP contribution in [-0.4, -0.2) is 22.6 Å². The van der Waals surface area contributed by atoms with E-state index in [0.717, 1.165) is 0 Å². The van der Waals surface area contributed by atoms with Crippen LogP contribution in [0.2, 0.25) is 5.02 Å². The molecule has 2 rings (SSSR count). The summed E-state index contributed by atoms with van der Waals surface area (Å²) in [5, 5.41) is 0.454. The predicted molar refractivity (Wildman–Crippen MR) is 91.2 cm³/mol. The first-order chi connectivity index (χ1) is 10.7. The van der Waals surface area contributed by atoms with Gasteiger partial charge < -0.3 is 0 Å². The van der Waals surface area contributed by atoms with E-state index in [0.29, 0.717) is 10.6 Å². The van der Waals surface area contributed by atoms with Gasteiger partial charge in [0, 0.05) is 10.7 Å². The molecular weight excluding hydrogens is 358 g/mol. The molecule has 0 aliphatic carbocycles. The van der Waals surface area contributed by atoms with Gasteiger partial charge in [-0.15, -0.1) is 0 Å². The Hall–Kier alpha value is -1.57. The Morgan fingerprint density at radius 1 is 1.00 bits per heavy atom.